The van der Waals surface area contributed by atoms with Gasteiger partial charge in [-0.3, -0.25) is 4.90 Å². The van der Waals surface area contributed by atoms with E-state index in [0.717, 1.165) is 11.0 Å². The molecule has 0 radical (unpaired) electrons. The molecule has 2 aliphatic rings. The predicted molar refractivity (Wildman–Crippen MR) is 117 cm³/mol. The molecule has 1 aliphatic carbocycles. The highest BCUT2D eigenvalue weighted by atomic mass is 19.4. The summed E-state index contributed by atoms with van der Waals surface area (Å²) < 4.78 is 121. The molecule has 1 heterocycles. The number of carbonyl (C=O) groups excluding carboxylic acids is 1. The largest absolute Gasteiger partial charge is 0.465 e. The molecule has 4 rings (SSSR count). The smallest absolute Gasteiger partial charge is 0.416 e. The van der Waals surface area contributed by atoms with Crippen molar-refractivity contribution in [3.05, 3.63) is 64.2 Å². The number of nitrogens with two attached hydrogens (primary N) is 1. The molecule has 2 aromatic rings. The molecular weight excluding hydrogens is 549 g/mol. The van der Waals surface area contributed by atoms with Gasteiger partial charge in [0.25, 0.3) is 0 Å². The zero-order valence-electron chi connectivity index (χ0n) is 19.7. The van der Waals surface area contributed by atoms with E-state index in [2.05, 4.69) is 0 Å². The summed E-state index contributed by atoms with van der Waals surface area (Å²) in [5, 5.41) is 9.83. The molecule has 2 unspecified atom stereocenters. The molecule has 212 valence electrons. The van der Waals surface area contributed by atoms with Crippen LogP contribution in [0.5, 0.6) is 0 Å². The van der Waals surface area contributed by atoms with Crippen LogP contribution in [0.2, 0.25) is 0 Å². The van der Waals surface area contributed by atoms with E-state index >= 15 is 0 Å². The van der Waals surface area contributed by atoms with Crippen molar-refractivity contribution in [2.45, 2.75) is 56.4 Å². The lowest BCUT2D eigenvalue weighted by Gasteiger charge is -2.43. The summed E-state index contributed by atoms with van der Waals surface area (Å²) in [6, 6.07) is -0.647. The normalized spacial score (nSPS) is 20.0. The number of primary amides is 1. The van der Waals surface area contributed by atoms with Gasteiger partial charge in [-0.25, -0.2) is 9.59 Å². The fourth-order valence-electron chi connectivity index (χ4n) is 4.93. The first-order valence-corrected chi connectivity index (χ1v) is 11.5. The molecule has 0 bridgehead atoms. The molecule has 6 nitrogen and oxygen atoms in total. The zero-order chi connectivity index (χ0) is 29.1. The molecule has 39 heavy (non-hydrogen) atoms. The number of fused-ring (bicyclic) bond motifs is 1. The third kappa shape index (κ3) is 5.86. The summed E-state index contributed by atoms with van der Waals surface area (Å²) in [5.74, 6) is -0.209. The van der Waals surface area contributed by atoms with E-state index < -0.39 is 71.5 Å². The molecule has 2 atom stereocenters. The fraction of sp³-hybridized carbons (Fsp3) is 0.417. The van der Waals surface area contributed by atoms with Crippen LogP contribution in [0.1, 0.15) is 53.1 Å². The maximum atomic E-state index is 13.5. The first-order chi connectivity index (χ1) is 17.9. The number of benzene rings is 2. The Hall–Kier alpha value is -3.65. The van der Waals surface area contributed by atoms with Crippen LogP contribution in [0, 0.1) is 5.92 Å². The number of nitrogens with zero attached hydrogens (tertiary/aromatic N) is 2. The molecule has 0 saturated heterocycles. The topological polar surface area (TPSA) is 86.9 Å². The number of rotatable bonds is 4. The van der Waals surface area contributed by atoms with Gasteiger partial charge in [0.05, 0.1) is 28.4 Å². The lowest BCUT2D eigenvalue weighted by molar-refractivity contribution is -0.143. The first kappa shape index (κ1) is 28.4. The summed E-state index contributed by atoms with van der Waals surface area (Å²) >= 11 is 0. The van der Waals surface area contributed by atoms with E-state index in [1.54, 1.807) is 0 Å². The van der Waals surface area contributed by atoms with Crippen LogP contribution in [0.15, 0.2) is 36.4 Å². The Kier molecular flexibility index (Phi) is 6.92. The Labute approximate surface area is 214 Å². The molecule has 15 heteroatoms. The second kappa shape index (κ2) is 9.52. The van der Waals surface area contributed by atoms with Crippen LogP contribution in [-0.2, 0) is 25.1 Å². The van der Waals surface area contributed by atoms with Gasteiger partial charge < -0.3 is 15.7 Å². The lowest BCUT2D eigenvalue weighted by Crippen LogP contribution is -2.50. The van der Waals surface area contributed by atoms with Gasteiger partial charge in [-0.2, -0.15) is 39.5 Å². The third-order valence-electron chi connectivity index (χ3n) is 6.80. The van der Waals surface area contributed by atoms with E-state index in [4.69, 9.17) is 5.73 Å². The minimum atomic E-state index is -5.17. The van der Waals surface area contributed by atoms with Crippen LogP contribution >= 0.6 is 0 Å². The molecular formula is C24H20F9N3O3. The molecule has 2 aromatic carbocycles. The van der Waals surface area contributed by atoms with Crippen molar-refractivity contribution < 1.29 is 54.2 Å². The minimum Gasteiger partial charge on any atom is -0.465 e. The van der Waals surface area contributed by atoms with Gasteiger partial charge in [0.2, 0.25) is 0 Å². The summed E-state index contributed by atoms with van der Waals surface area (Å²) in [5.41, 5.74) is -0.118. The number of anilines is 1. The van der Waals surface area contributed by atoms with E-state index in [9.17, 15) is 54.2 Å². The van der Waals surface area contributed by atoms with E-state index in [0.29, 0.717) is 42.0 Å². The van der Waals surface area contributed by atoms with Crippen molar-refractivity contribution in [3.63, 3.8) is 0 Å². The van der Waals surface area contributed by atoms with Gasteiger partial charge in [0.15, 0.2) is 0 Å². The van der Waals surface area contributed by atoms with Crippen LogP contribution < -0.4 is 10.6 Å². The van der Waals surface area contributed by atoms with Gasteiger partial charge in [-0.15, -0.1) is 0 Å². The maximum absolute atomic E-state index is 13.5. The number of carbonyl (C=O) groups is 2. The standard InChI is InChI=1S/C24H20F9N3O3/c25-22(26,27)13-3-4-17-16(8-13)19(9-18(12-1-2-12)36(17)21(38)39)35(20(34)37)10-11-5-14(23(28,29)30)7-15(6-11)24(31,32)33/h3-8,12,18-19H,1-2,9-10H2,(H2,34,37)(H,38,39). The van der Waals surface area contributed by atoms with E-state index in [1.807, 2.05) is 0 Å². The Morgan fingerprint density at radius 2 is 1.41 bits per heavy atom. The number of urea groups is 1. The van der Waals surface area contributed by atoms with E-state index in [1.165, 1.54) is 0 Å². The highest BCUT2D eigenvalue weighted by Crippen LogP contribution is 2.49. The van der Waals surface area contributed by atoms with Crippen LogP contribution in [0.25, 0.3) is 0 Å². The lowest BCUT2D eigenvalue weighted by atomic mass is 9.86. The van der Waals surface area contributed by atoms with Crippen molar-refractivity contribution in [1.82, 2.24) is 4.90 Å². The Morgan fingerprint density at radius 3 is 1.85 bits per heavy atom. The molecule has 1 fully saturated rings. The van der Waals surface area contributed by atoms with Gasteiger partial charge >= 0.3 is 30.7 Å². The molecule has 3 N–H and O–H groups in total. The second-order valence-electron chi connectivity index (χ2n) is 9.46. The molecule has 3 amide bonds. The second-order valence-corrected chi connectivity index (χ2v) is 9.46. The number of alkyl halides is 9. The monoisotopic (exact) mass is 569 g/mol. The molecule has 0 aromatic heterocycles. The van der Waals surface area contributed by atoms with Crippen LogP contribution in [0.4, 0.5) is 54.8 Å². The van der Waals surface area contributed by atoms with Crippen molar-refractivity contribution in [2.75, 3.05) is 4.90 Å². The van der Waals surface area contributed by atoms with E-state index in [-0.39, 0.29) is 29.7 Å². The maximum Gasteiger partial charge on any atom is 0.416 e. The van der Waals surface area contributed by atoms with Crippen molar-refractivity contribution in [1.29, 1.82) is 0 Å². The number of amides is 3. The van der Waals surface area contributed by atoms with Crippen molar-refractivity contribution >= 4 is 17.8 Å². The van der Waals surface area contributed by atoms with Gasteiger partial charge in [-0.05, 0) is 72.7 Å². The minimum absolute atomic E-state index is 0.0997. The number of carboxylic acid groups (broad SMARTS) is 1. The predicted octanol–water partition coefficient (Wildman–Crippen LogP) is 7.03. The fourth-order valence-corrected chi connectivity index (χ4v) is 4.93. The highest BCUT2D eigenvalue weighted by molar-refractivity contribution is 5.89. The summed E-state index contributed by atoms with van der Waals surface area (Å²) in [7, 11) is 0. The van der Waals surface area contributed by atoms with Gasteiger partial charge in [0.1, 0.15) is 0 Å². The SMILES string of the molecule is NC(=O)N(Cc1cc(C(F)(F)F)cc(C(F)(F)F)c1)C1CC(C2CC2)N(C(=O)O)c2ccc(C(F)(F)F)cc21. The molecule has 1 aliphatic heterocycles. The summed E-state index contributed by atoms with van der Waals surface area (Å²) in [6.07, 6.45) is -15.8. The Bertz CT molecular complexity index is 1250. The Morgan fingerprint density at radius 1 is 0.872 bits per heavy atom. The number of halogens is 9. The van der Waals surface area contributed by atoms with Crippen molar-refractivity contribution in [3.8, 4) is 0 Å². The van der Waals surface area contributed by atoms with Gasteiger partial charge in [0, 0.05) is 12.6 Å². The molecule has 1 saturated carbocycles. The van der Waals surface area contributed by atoms with Crippen molar-refractivity contribution in [2.24, 2.45) is 11.7 Å². The summed E-state index contributed by atoms with van der Waals surface area (Å²) in [6.45, 7) is -0.910. The van der Waals surface area contributed by atoms with Crippen LogP contribution in [-0.4, -0.2) is 28.2 Å². The quantitative estimate of drug-likeness (QED) is 0.388. The highest BCUT2D eigenvalue weighted by Gasteiger charge is 2.47. The third-order valence-corrected chi connectivity index (χ3v) is 6.80. The number of hydrogen-bond donors (Lipinski definition) is 2. The Balaban J connectivity index is 1.85. The first-order valence-electron chi connectivity index (χ1n) is 11.5. The molecule has 0 spiro atoms. The average Bonchev–Trinajstić information content (AvgIpc) is 3.64. The number of hydrogen-bond acceptors (Lipinski definition) is 2. The van der Waals surface area contributed by atoms with Gasteiger partial charge in [-0.1, -0.05) is 0 Å². The zero-order valence-corrected chi connectivity index (χ0v) is 19.7. The summed E-state index contributed by atoms with van der Waals surface area (Å²) in [4.78, 5) is 26.2. The average molecular weight is 569 g/mol. The van der Waals surface area contributed by atoms with Crippen LogP contribution in [0.3, 0.4) is 0 Å².